The Kier molecular flexibility index (Phi) is 6.63. The summed E-state index contributed by atoms with van der Waals surface area (Å²) in [6, 6.07) is 0. The Balaban J connectivity index is 3.35. The van der Waals surface area contributed by atoms with Crippen LogP contribution in [0.5, 0.6) is 0 Å². The summed E-state index contributed by atoms with van der Waals surface area (Å²) < 4.78 is 107. The van der Waals surface area contributed by atoms with Crippen molar-refractivity contribution in [1.29, 1.82) is 0 Å². The van der Waals surface area contributed by atoms with Gasteiger partial charge in [-0.05, 0) is 0 Å². The van der Waals surface area contributed by atoms with Gasteiger partial charge in [0.25, 0.3) is 0 Å². The normalized spacial score (nSPS) is 32.6. The van der Waals surface area contributed by atoms with Crippen molar-refractivity contribution in [1.82, 2.24) is 0 Å². The fourth-order valence-corrected chi connectivity index (χ4v) is 3.29. The van der Waals surface area contributed by atoms with E-state index in [2.05, 4.69) is 17.3 Å². The Bertz CT molecular complexity index is 736. The second-order valence-corrected chi connectivity index (χ2v) is 7.36. The Morgan fingerprint density at radius 3 is 1.50 bits per heavy atom. The van der Waals surface area contributed by atoms with E-state index in [1.54, 1.807) is 0 Å². The molecule has 1 fully saturated rings. The maximum Gasteiger partial charge on any atom is 0.397 e. The van der Waals surface area contributed by atoms with Gasteiger partial charge in [-0.1, -0.05) is 0 Å². The number of hydrogen-bond donors (Lipinski definition) is 5. The Labute approximate surface area is 135 Å². The van der Waals surface area contributed by atoms with Crippen molar-refractivity contribution < 1.29 is 66.4 Å². The molecule has 0 aromatic carbocycles. The van der Waals surface area contributed by atoms with E-state index in [0.717, 1.165) is 0 Å². The molecule has 0 aliphatic carbocycles. The molecule has 18 heteroatoms. The van der Waals surface area contributed by atoms with Gasteiger partial charge in [0.2, 0.25) is 0 Å². The highest BCUT2D eigenvalue weighted by molar-refractivity contribution is 7.81. The first-order chi connectivity index (χ1) is 10.6. The number of aliphatic hydroxyl groups excluding tert-OH is 2. The minimum absolute atomic E-state index is 1.14. The van der Waals surface area contributed by atoms with E-state index in [1.165, 1.54) is 0 Å². The predicted octanol–water partition coefficient (Wildman–Crippen LogP) is -3.74. The Hall–Kier alpha value is -0.510. The molecule has 0 aromatic heterocycles. The van der Waals surface area contributed by atoms with Gasteiger partial charge in [0.05, 0.1) is 6.61 Å². The molecule has 5 N–H and O–H groups in total. The minimum Gasteiger partial charge on any atom is -0.394 e. The largest absolute Gasteiger partial charge is 0.397 e. The lowest BCUT2D eigenvalue weighted by Gasteiger charge is -2.41. The zero-order valence-corrected chi connectivity index (χ0v) is 13.6. The standard InChI is InChI=1S/C6H12O15S3/c7-1-2-3(19-22(9,10)11)4(20-23(12,13)14)5(6(8)18-2)21-24(15,16)17/h2-8H,1H2,(H,9,10,11)(H,12,13,14)(H,15,16,17)/t2-,3-,4-,5+,6-/m1/s1. The average Bonchev–Trinajstić information content (AvgIpc) is 2.32. The van der Waals surface area contributed by atoms with Gasteiger partial charge in [0.15, 0.2) is 12.4 Å². The molecule has 0 amide bonds. The average molecular weight is 420 g/mol. The lowest BCUT2D eigenvalue weighted by Crippen LogP contribution is -2.62. The molecular weight excluding hydrogens is 408 g/mol. The molecule has 5 atom stereocenters. The van der Waals surface area contributed by atoms with Crippen LogP contribution in [0.1, 0.15) is 0 Å². The summed E-state index contributed by atoms with van der Waals surface area (Å²) in [4.78, 5) is 0. The van der Waals surface area contributed by atoms with Crippen LogP contribution in [0.25, 0.3) is 0 Å². The van der Waals surface area contributed by atoms with Crippen LogP contribution in [0.3, 0.4) is 0 Å². The van der Waals surface area contributed by atoms with Gasteiger partial charge in [-0.15, -0.1) is 0 Å². The molecule has 1 aliphatic heterocycles. The molecule has 1 saturated heterocycles. The fourth-order valence-electron chi connectivity index (χ4n) is 1.79. The minimum atomic E-state index is -5.42. The zero-order chi connectivity index (χ0) is 18.9. The maximum atomic E-state index is 10.8. The van der Waals surface area contributed by atoms with Crippen molar-refractivity contribution in [3.8, 4) is 0 Å². The summed E-state index contributed by atoms with van der Waals surface area (Å²) in [7, 11) is -16.1. The van der Waals surface area contributed by atoms with Gasteiger partial charge < -0.3 is 14.9 Å². The molecule has 0 bridgehead atoms. The van der Waals surface area contributed by atoms with E-state index in [4.69, 9.17) is 18.8 Å². The topological polar surface area (TPSA) is 240 Å². The molecule has 0 saturated carbocycles. The molecule has 1 heterocycles. The maximum absolute atomic E-state index is 10.8. The molecule has 1 aliphatic rings. The number of hydrogen-bond acceptors (Lipinski definition) is 12. The van der Waals surface area contributed by atoms with Crippen molar-refractivity contribution in [3.05, 3.63) is 0 Å². The van der Waals surface area contributed by atoms with Gasteiger partial charge >= 0.3 is 31.2 Å². The van der Waals surface area contributed by atoms with Crippen LogP contribution in [0.2, 0.25) is 0 Å². The smallest absolute Gasteiger partial charge is 0.394 e. The van der Waals surface area contributed by atoms with Crippen LogP contribution < -0.4 is 0 Å². The molecule has 24 heavy (non-hydrogen) atoms. The lowest BCUT2D eigenvalue weighted by molar-refractivity contribution is -0.271. The summed E-state index contributed by atoms with van der Waals surface area (Å²) >= 11 is 0. The SMILES string of the molecule is O=S(=O)(O)O[C@H]1[C@H](OS(=O)(=O)O)[C@H](O)O[C@H](CO)[C@H]1OS(=O)(=O)O. The molecule has 0 radical (unpaired) electrons. The molecule has 0 aromatic rings. The molecule has 1 rings (SSSR count). The number of rotatable bonds is 7. The van der Waals surface area contributed by atoms with Crippen LogP contribution in [0, 0.1) is 0 Å². The van der Waals surface area contributed by atoms with Gasteiger partial charge in [0, 0.05) is 0 Å². The first kappa shape index (κ1) is 21.5. The van der Waals surface area contributed by atoms with E-state index in [9.17, 15) is 30.4 Å². The second kappa shape index (κ2) is 7.39. The Morgan fingerprint density at radius 2 is 1.12 bits per heavy atom. The molecule has 15 nitrogen and oxygen atoms in total. The second-order valence-electron chi connectivity index (χ2n) is 4.21. The van der Waals surface area contributed by atoms with Crippen molar-refractivity contribution in [2.45, 2.75) is 30.7 Å². The summed E-state index contributed by atoms with van der Waals surface area (Å²) in [5.41, 5.74) is 0. The molecular formula is C6H12O15S3. The van der Waals surface area contributed by atoms with Gasteiger partial charge in [-0.25, -0.2) is 12.5 Å². The van der Waals surface area contributed by atoms with E-state index >= 15 is 0 Å². The predicted molar refractivity (Wildman–Crippen MR) is 67.2 cm³/mol. The number of aliphatic hydroxyl groups is 2. The molecule has 144 valence electrons. The van der Waals surface area contributed by atoms with Crippen molar-refractivity contribution in [2.75, 3.05) is 6.61 Å². The van der Waals surface area contributed by atoms with Crippen molar-refractivity contribution >= 4 is 31.2 Å². The highest BCUT2D eigenvalue weighted by Crippen LogP contribution is 2.29. The van der Waals surface area contributed by atoms with Gasteiger partial charge in [-0.3, -0.25) is 13.7 Å². The summed E-state index contributed by atoms with van der Waals surface area (Å²) in [6.45, 7) is -1.14. The van der Waals surface area contributed by atoms with E-state index < -0.39 is 68.5 Å². The quantitative estimate of drug-likeness (QED) is 0.248. The van der Waals surface area contributed by atoms with Crippen LogP contribution >= 0.6 is 0 Å². The summed E-state index contributed by atoms with van der Waals surface area (Å²) in [5, 5.41) is 18.6. The Morgan fingerprint density at radius 1 is 0.750 bits per heavy atom. The highest BCUT2D eigenvalue weighted by Gasteiger charge is 2.52. The van der Waals surface area contributed by atoms with E-state index in [-0.39, 0.29) is 0 Å². The monoisotopic (exact) mass is 420 g/mol. The zero-order valence-electron chi connectivity index (χ0n) is 11.1. The van der Waals surface area contributed by atoms with E-state index in [1.807, 2.05) is 0 Å². The molecule has 0 spiro atoms. The van der Waals surface area contributed by atoms with Crippen molar-refractivity contribution in [2.24, 2.45) is 0 Å². The lowest BCUT2D eigenvalue weighted by atomic mass is 9.99. The first-order valence-electron chi connectivity index (χ1n) is 5.54. The van der Waals surface area contributed by atoms with Gasteiger partial charge in [-0.2, -0.15) is 25.3 Å². The summed E-state index contributed by atoms with van der Waals surface area (Å²) in [5.74, 6) is 0. The first-order valence-corrected chi connectivity index (χ1v) is 9.64. The van der Waals surface area contributed by atoms with Gasteiger partial charge in [0.1, 0.15) is 18.3 Å². The van der Waals surface area contributed by atoms with Crippen LogP contribution in [-0.2, 0) is 48.5 Å². The molecule has 0 unspecified atom stereocenters. The van der Waals surface area contributed by atoms with Crippen LogP contribution in [-0.4, -0.2) is 86.4 Å². The highest BCUT2D eigenvalue weighted by atomic mass is 32.3. The van der Waals surface area contributed by atoms with Crippen LogP contribution in [0.4, 0.5) is 0 Å². The van der Waals surface area contributed by atoms with E-state index in [0.29, 0.717) is 0 Å². The third-order valence-electron chi connectivity index (χ3n) is 2.49. The van der Waals surface area contributed by atoms with Crippen LogP contribution in [0.15, 0.2) is 0 Å². The third-order valence-corrected chi connectivity index (χ3v) is 3.88. The fraction of sp³-hybridized carbons (Fsp3) is 1.00. The number of ether oxygens (including phenoxy) is 1. The summed E-state index contributed by atoms with van der Waals surface area (Å²) in [6.07, 6.45) is -11.6. The third kappa shape index (κ3) is 6.78. The van der Waals surface area contributed by atoms with Crippen molar-refractivity contribution in [3.63, 3.8) is 0 Å².